The summed E-state index contributed by atoms with van der Waals surface area (Å²) in [7, 11) is 1.48. The van der Waals surface area contributed by atoms with Gasteiger partial charge in [0.1, 0.15) is 5.75 Å². The third-order valence-electron chi connectivity index (χ3n) is 3.41. The summed E-state index contributed by atoms with van der Waals surface area (Å²) in [5.41, 5.74) is 2.67. The first-order chi connectivity index (χ1) is 10.8. The molecule has 2 aromatic rings. The number of anilines is 2. The van der Waals surface area contributed by atoms with Crippen LogP contribution in [0.4, 0.5) is 11.4 Å². The van der Waals surface area contributed by atoms with Crippen molar-refractivity contribution in [3.8, 4) is 5.75 Å². The van der Waals surface area contributed by atoms with Crippen molar-refractivity contribution in [2.24, 2.45) is 0 Å². The van der Waals surface area contributed by atoms with Crippen LogP contribution >= 0.6 is 11.6 Å². The van der Waals surface area contributed by atoms with E-state index in [9.17, 15) is 14.7 Å². The molecule has 0 unspecified atom stereocenters. The van der Waals surface area contributed by atoms with Crippen LogP contribution in [0.1, 0.15) is 11.1 Å². The van der Waals surface area contributed by atoms with E-state index in [1.165, 1.54) is 24.1 Å². The molecule has 0 aliphatic carbocycles. The van der Waals surface area contributed by atoms with Crippen molar-refractivity contribution < 1.29 is 14.7 Å². The van der Waals surface area contributed by atoms with E-state index in [4.69, 9.17) is 11.6 Å². The Balaban J connectivity index is 2.17. The summed E-state index contributed by atoms with van der Waals surface area (Å²) >= 11 is 6.13. The number of phenolic OH excluding ortho intramolecular Hbond substituents is 1. The summed E-state index contributed by atoms with van der Waals surface area (Å²) in [6, 6.07) is 9.57. The van der Waals surface area contributed by atoms with Gasteiger partial charge in [-0.3, -0.25) is 9.59 Å². The quantitative estimate of drug-likeness (QED) is 0.829. The third-order valence-corrected chi connectivity index (χ3v) is 3.70. The highest BCUT2D eigenvalue weighted by atomic mass is 35.5. The molecule has 0 aliphatic heterocycles. The van der Waals surface area contributed by atoms with Gasteiger partial charge in [-0.25, -0.2) is 0 Å². The van der Waals surface area contributed by atoms with Crippen molar-refractivity contribution in [1.82, 2.24) is 0 Å². The van der Waals surface area contributed by atoms with Gasteiger partial charge in [0.15, 0.2) is 0 Å². The first-order valence-corrected chi connectivity index (χ1v) is 7.32. The summed E-state index contributed by atoms with van der Waals surface area (Å²) in [5, 5.41) is 12.2. The Kier molecular flexibility index (Phi) is 4.91. The van der Waals surface area contributed by atoms with Crippen molar-refractivity contribution >= 4 is 34.8 Å². The highest BCUT2D eigenvalue weighted by Crippen LogP contribution is 2.27. The second-order valence-corrected chi connectivity index (χ2v) is 5.68. The van der Waals surface area contributed by atoms with E-state index in [-0.39, 0.29) is 5.75 Å². The number of likely N-dealkylation sites (N-methyl/N-ethyl adjacent to an activating group) is 1. The first kappa shape index (κ1) is 16.8. The molecule has 120 valence electrons. The van der Waals surface area contributed by atoms with E-state index in [1.807, 2.05) is 19.9 Å². The van der Waals surface area contributed by atoms with Crippen LogP contribution in [0.5, 0.6) is 5.75 Å². The van der Waals surface area contributed by atoms with Gasteiger partial charge < -0.3 is 15.3 Å². The predicted octanol–water partition coefficient (Wildman–Crippen LogP) is 3.26. The summed E-state index contributed by atoms with van der Waals surface area (Å²) in [6.07, 6.45) is 0. The highest BCUT2D eigenvalue weighted by Gasteiger charge is 2.21. The van der Waals surface area contributed by atoms with E-state index in [0.717, 1.165) is 11.1 Å². The van der Waals surface area contributed by atoms with Gasteiger partial charge in [-0.15, -0.1) is 0 Å². The zero-order chi connectivity index (χ0) is 17.1. The lowest BCUT2D eigenvalue weighted by Gasteiger charge is -2.18. The molecule has 2 aromatic carbocycles. The number of aromatic hydroxyl groups is 1. The molecule has 0 saturated carbocycles. The van der Waals surface area contributed by atoms with E-state index in [0.29, 0.717) is 16.4 Å². The number of hydrogen-bond acceptors (Lipinski definition) is 3. The fourth-order valence-electron chi connectivity index (χ4n) is 2.19. The topological polar surface area (TPSA) is 69.6 Å². The molecule has 0 atom stereocenters. The van der Waals surface area contributed by atoms with E-state index in [2.05, 4.69) is 5.32 Å². The maximum absolute atomic E-state index is 12.2. The van der Waals surface area contributed by atoms with Crippen LogP contribution in [0.2, 0.25) is 5.02 Å². The molecule has 6 heteroatoms. The van der Waals surface area contributed by atoms with Crippen LogP contribution < -0.4 is 10.2 Å². The summed E-state index contributed by atoms with van der Waals surface area (Å²) in [5.74, 6) is -1.43. The molecule has 0 fully saturated rings. The Morgan fingerprint density at radius 2 is 1.74 bits per heavy atom. The van der Waals surface area contributed by atoms with Crippen molar-refractivity contribution in [3.05, 3.63) is 52.5 Å². The molecule has 5 nitrogen and oxygen atoms in total. The Bertz CT molecular complexity index is 734. The molecule has 0 bridgehead atoms. The largest absolute Gasteiger partial charge is 0.508 e. The Labute approximate surface area is 139 Å². The third kappa shape index (κ3) is 3.81. The zero-order valence-electron chi connectivity index (χ0n) is 13.1. The maximum Gasteiger partial charge on any atom is 0.316 e. The van der Waals surface area contributed by atoms with Crippen LogP contribution in [0.3, 0.4) is 0 Å². The van der Waals surface area contributed by atoms with Crippen LogP contribution in [0, 0.1) is 13.8 Å². The number of rotatable bonds is 2. The Hall–Kier alpha value is -2.53. The molecule has 2 N–H and O–H groups in total. The second kappa shape index (κ2) is 6.71. The average molecular weight is 333 g/mol. The molecule has 0 aliphatic rings. The fraction of sp³-hybridized carbons (Fsp3) is 0.176. The van der Waals surface area contributed by atoms with E-state index >= 15 is 0 Å². The number of aryl methyl sites for hydroxylation is 2. The van der Waals surface area contributed by atoms with Crippen LogP contribution in [-0.2, 0) is 9.59 Å². The van der Waals surface area contributed by atoms with Crippen LogP contribution in [-0.4, -0.2) is 24.0 Å². The van der Waals surface area contributed by atoms with Gasteiger partial charge in [0, 0.05) is 12.7 Å². The van der Waals surface area contributed by atoms with Crippen LogP contribution in [0.25, 0.3) is 0 Å². The molecule has 0 saturated heterocycles. The number of carbonyl (C=O) groups is 2. The number of hydrogen-bond donors (Lipinski definition) is 2. The van der Waals surface area contributed by atoms with Gasteiger partial charge in [0.25, 0.3) is 0 Å². The molecule has 2 amide bonds. The molecule has 0 radical (unpaired) electrons. The van der Waals surface area contributed by atoms with Crippen molar-refractivity contribution in [1.29, 1.82) is 0 Å². The molecular formula is C17H17ClN2O3. The molecule has 2 rings (SSSR count). The number of carbonyl (C=O) groups excluding carboxylic acids is 2. The Morgan fingerprint density at radius 1 is 1.13 bits per heavy atom. The molecule has 0 spiro atoms. The molecule has 0 heterocycles. The van der Waals surface area contributed by atoms with E-state index in [1.54, 1.807) is 18.2 Å². The summed E-state index contributed by atoms with van der Waals surface area (Å²) < 4.78 is 0. The smallest absolute Gasteiger partial charge is 0.316 e. The van der Waals surface area contributed by atoms with Gasteiger partial charge in [-0.05, 0) is 55.3 Å². The zero-order valence-corrected chi connectivity index (χ0v) is 13.8. The SMILES string of the molecule is Cc1cc(C)c(NC(=O)C(=O)N(C)c2ccc(O)cc2)c(Cl)c1. The summed E-state index contributed by atoms with van der Waals surface area (Å²) in [6.45, 7) is 3.71. The lowest BCUT2D eigenvalue weighted by molar-refractivity contribution is -0.134. The maximum atomic E-state index is 12.2. The normalized spacial score (nSPS) is 10.3. The predicted molar refractivity (Wildman–Crippen MR) is 91.1 cm³/mol. The standard InChI is InChI=1S/C17H17ClN2O3/c1-10-8-11(2)15(14(18)9-10)19-16(22)17(23)20(3)12-4-6-13(21)7-5-12/h4-9,21H,1-3H3,(H,19,22). The number of halogens is 1. The first-order valence-electron chi connectivity index (χ1n) is 6.94. The molecule has 0 aromatic heterocycles. The van der Waals surface area contributed by atoms with Crippen LogP contribution in [0.15, 0.2) is 36.4 Å². The number of nitrogens with zero attached hydrogens (tertiary/aromatic N) is 1. The minimum Gasteiger partial charge on any atom is -0.508 e. The number of nitrogens with one attached hydrogen (secondary N) is 1. The van der Waals surface area contributed by atoms with Gasteiger partial charge in [0.2, 0.25) is 0 Å². The van der Waals surface area contributed by atoms with E-state index < -0.39 is 11.8 Å². The van der Waals surface area contributed by atoms with Gasteiger partial charge in [0.05, 0.1) is 10.7 Å². The Morgan fingerprint density at radius 3 is 2.30 bits per heavy atom. The van der Waals surface area contributed by atoms with Gasteiger partial charge in [-0.1, -0.05) is 17.7 Å². The number of amides is 2. The minimum atomic E-state index is -0.783. The highest BCUT2D eigenvalue weighted by molar-refractivity contribution is 6.45. The monoisotopic (exact) mass is 332 g/mol. The second-order valence-electron chi connectivity index (χ2n) is 5.27. The fourth-order valence-corrected chi connectivity index (χ4v) is 2.56. The molecule has 23 heavy (non-hydrogen) atoms. The lowest BCUT2D eigenvalue weighted by atomic mass is 10.1. The number of phenols is 1. The van der Waals surface area contributed by atoms with Crippen molar-refractivity contribution in [2.75, 3.05) is 17.3 Å². The molecular weight excluding hydrogens is 316 g/mol. The lowest BCUT2D eigenvalue weighted by Crippen LogP contribution is -2.37. The van der Waals surface area contributed by atoms with Gasteiger partial charge >= 0.3 is 11.8 Å². The minimum absolute atomic E-state index is 0.0844. The summed E-state index contributed by atoms with van der Waals surface area (Å²) in [4.78, 5) is 25.6. The van der Waals surface area contributed by atoms with Gasteiger partial charge in [-0.2, -0.15) is 0 Å². The number of benzene rings is 2. The van der Waals surface area contributed by atoms with Crippen molar-refractivity contribution in [3.63, 3.8) is 0 Å². The average Bonchev–Trinajstić information content (AvgIpc) is 2.50. The van der Waals surface area contributed by atoms with Crippen molar-refractivity contribution in [2.45, 2.75) is 13.8 Å².